The molecule has 4 aromatic carbocycles. The SMILES string of the molecule is COc1nc(Cl)cc2c1[C@]1(O)[C@H](O)[C@@H](Cc3cc(F)cc4nc5ccccc5cc34)[C@@H](c3ccccc3)[C@]1(c1ccc(C#N)cc1)O2. The Morgan fingerprint density at radius 1 is 0.957 bits per heavy atom. The first-order chi connectivity index (χ1) is 22.8. The molecule has 2 aliphatic rings. The van der Waals surface area contributed by atoms with Crippen LogP contribution in [-0.4, -0.2) is 33.4 Å². The molecule has 0 unspecified atom stereocenters. The van der Waals surface area contributed by atoms with Crippen LogP contribution in [0.25, 0.3) is 21.8 Å². The van der Waals surface area contributed by atoms with Crippen molar-refractivity contribution in [2.75, 3.05) is 7.11 Å². The third-order valence-corrected chi connectivity index (χ3v) is 9.97. The van der Waals surface area contributed by atoms with Gasteiger partial charge in [0, 0.05) is 34.7 Å². The van der Waals surface area contributed by atoms with E-state index in [1.807, 2.05) is 60.7 Å². The molecule has 232 valence electrons. The number of methoxy groups -OCH3 is 1. The number of pyridine rings is 2. The van der Waals surface area contributed by atoms with Crippen LogP contribution in [0.2, 0.25) is 5.15 Å². The van der Waals surface area contributed by atoms with Gasteiger partial charge in [-0.2, -0.15) is 5.26 Å². The van der Waals surface area contributed by atoms with E-state index in [2.05, 4.69) is 11.1 Å². The molecule has 1 aliphatic heterocycles. The van der Waals surface area contributed by atoms with Crippen LogP contribution in [0.5, 0.6) is 11.6 Å². The molecule has 9 heteroatoms. The fraction of sp³-hybridized carbons (Fsp3) is 0.184. The molecule has 6 aromatic rings. The molecule has 1 saturated carbocycles. The van der Waals surface area contributed by atoms with E-state index in [4.69, 9.17) is 26.1 Å². The topological polar surface area (TPSA) is 108 Å². The summed E-state index contributed by atoms with van der Waals surface area (Å²) < 4.78 is 27.8. The summed E-state index contributed by atoms with van der Waals surface area (Å²) in [5, 5.41) is 37.1. The number of hydrogen-bond acceptors (Lipinski definition) is 7. The molecule has 0 bridgehead atoms. The summed E-state index contributed by atoms with van der Waals surface area (Å²) in [5.74, 6) is -1.63. The number of benzene rings is 4. The Labute approximate surface area is 274 Å². The Morgan fingerprint density at radius 2 is 1.70 bits per heavy atom. The number of para-hydroxylation sites is 1. The van der Waals surface area contributed by atoms with Crippen molar-refractivity contribution in [1.29, 1.82) is 5.26 Å². The van der Waals surface area contributed by atoms with E-state index in [9.17, 15) is 15.5 Å². The number of aliphatic hydroxyl groups is 2. The van der Waals surface area contributed by atoms with Crippen LogP contribution >= 0.6 is 11.6 Å². The van der Waals surface area contributed by atoms with Crippen LogP contribution in [0.1, 0.15) is 33.7 Å². The second kappa shape index (κ2) is 10.7. The van der Waals surface area contributed by atoms with Gasteiger partial charge in [0.1, 0.15) is 16.7 Å². The van der Waals surface area contributed by atoms with Gasteiger partial charge in [-0.1, -0.05) is 72.3 Å². The van der Waals surface area contributed by atoms with Crippen molar-refractivity contribution in [2.45, 2.75) is 29.6 Å². The van der Waals surface area contributed by atoms with Crippen LogP contribution in [-0.2, 0) is 17.6 Å². The average molecular weight is 644 g/mol. The Bertz CT molecular complexity index is 2240. The molecule has 0 radical (unpaired) electrons. The smallest absolute Gasteiger partial charge is 0.224 e. The lowest BCUT2D eigenvalue weighted by molar-refractivity contribution is -0.152. The van der Waals surface area contributed by atoms with Crippen LogP contribution in [0.4, 0.5) is 4.39 Å². The zero-order chi connectivity index (χ0) is 32.5. The highest BCUT2D eigenvalue weighted by atomic mass is 35.5. The van der Waals surface area contributed by atoms with E-state index in [-0.39, 0.29) is 28.8 Å². The van der Waals surface area contributed by atoms with Crippen LogP contribution in [0.15, 0.2) is 103 Å². The number of rotatable bonds is 5. The van der Waals surface area contributed by atoms with E-state index < -0.39 is 35.0 Å². The highest BCUT2D eigenvalue weighted by molar-refractivity contribution is 6.29. The summed E-state index contributed by atoms with van der Waals surface area (Å²) in [5.41, 5.74) is 0.0129. The molecule has 1 aliphatic carbocycles. The zero-order valence-corrected chi connectivity index (χ0v) is 25.8. The normalized spacial score (nSPS) is 24.5. The van der Waals surface area contributed by atoms with Crippen LogP contribution < -0.4 is 9.47 Å². The van der Waals surface area contributed by atoms with Gasteiger partial charge in [0.05, 0.1) is 41.4 Å². The lowest BCUT2D eigenvalue weighted by atomic mass is 9.70. The molecular formula is C38H27ClFN3O4. The first kappa shape index (κ1) is 29.3. The minimum atomic E-state index is -2.11. The minimum absolute atomic E-state index is 0.0175. The Kier molecular flexibility index (Phi) is 6.71. The molecule has 0 spiro atoms. The Hall–Kier alpha value is -5.07. The van der Waals surface area contributed by atoms with E-state index >= 15 is 4.39 Å². The Morgan fingerprint density at radius 3 is 2.45 bits per heavy atom. The summed E-state index contributed by atoms with van der Waals surface area (Å²) in [6.07, 6.45) is -1.30. The molecule has 5 atom stereocenters. The van der Waals surface area contributed by atoms with E-state index in [0.717, 1.165) is 21.9 Å². The molecule has 0 saturated heterocycles. The fourth-order valence-electron chi connectivity index (χ4n) is 7.91. The molecule has 3 heterocycles. The van der Waals surface area contributed by atoms with Crippen LogP contribution in [0, 0.1) is 23.1 Å². The average Bonchev–Trinajstić information content (AvgIpc) is 3.45. The predicted octanol–water partition coefficient (Wildman–Crippen LogP) is 6.95. The largest absolute Gasteiger partial charge is 0.481 e. The first-order valence-electron chi connectivity index (χ1n) is 15.2. The number of nitrogens with zero attached hydrogens (tertiary/aromatic N) is 3. The summed E-state index contributed by atoms with van der Waals surface area (Å²) in [7, 11) is 1.41. The quantitative estimate of drug-likeness (QED) is 0.155. The molecule has 0 amide bonds. The molecule has 47 heavy (non-hydrogen) atoms. The number of fused-ring (bicyclic) bond motifs is 5. The zero-order valence-electron chi connectivity index (χ0n) is 25.1. The number of aromatic nitrogens is 2. The first-order valence-corrected chi connectivity index (χ1v) is 15.5. The number of aliphatic hydroxyl groups excluding tert-OH is 1. The van der Waals surface area contributed by atoms with Crippen molar-refractivity contribution in [2.24, 2.45) is 5.92 Å². The summed E-state index contributed by atoms with van der Waals surface area (Å²) >= 11 is 6.39. The highest BCUT2D eigenvalue weighted by Crippen LogP contribution is 2.70. The minimum Gasteiger partial charge on any atom is -0.481 e. The van der Waals surface area contributed by atoms with Gasteiger partial charge in [-0.3, -0.25) is 0 Å². The molecule has 1 fully saturated rings. The fourth-order valence-corrected chi connectivity index (χ4v) is 8.08. The molecule has 2 aromatic heterocycles. The lowest BCUT2D eigenvalue weighted by Crippen LogP contribution is -2.52. The van der Waals surface area contributed by atoms with Crippen molar-refractivity contribution < 1.29 is 24.1 Å². The van der Waals surface area contributed by atoms with E-state index in [1.54, 1.807) is 24.3 Å². The van der Waals surface area contributed by atoms with Gasteiger partial charge in [-0.25, -0.2) is 14.4 Å². The predicted molar refractivity (Wildman–Crippen MR) is 175 cm³/mol. The number of ether oxygens (including phenoxy) is 2. The van der Waals surface area contributed by atoms with Crippen molar-refractivity contribution in [1.82, 2.24) is 9.97 Å². The highest BCUT2D eigenvalue weighted by Gasteiger charge is 2.76. The summed E-state index contributed by atoms with van der Waals surface area (Å²) in [6.45, 7) is 0. The maximum Gasteiger partial charge on any atom is 0.224 e. The van der Waals surface area contributed by atoms with Gasteiger partial charge < -0.3 is 19.7 Å². The van der Waals surface area contributed by atoms with Gasteiger partial charge in [-0.15, -0.1) is 0 Å². The summed E-state index contributed by atoms with van der Waals surface area (Å²) in [4.78, 5) is 9.07. The van der Waals surface area contributed by atoms with E-state index in [1.165, 1.54) is 25.3 Å². The van der Waals surface area contributed by atoms with Gasteiger partial charge in [0.2, 0.25) is 5.88 Å². The van der Waals surface area contributed by atoms with Crippen molar-refractivity contribution >= 4 is 33.4 Å². The van der Waals surface area contributed by atoms with Gasteiger partial charge in [0.15, 0.2) is 11.2 Å². The van der Waals surface area contributed by atoms with Crippen molar-refractivity contribution in [3.05, 3.63) is 142 Å². The molecule has 2 N–H and O–H groups in total. The van der Waals surface area contributed by atoms with Gasteiger partial charge in [-0.05, 0) is 53.4 Å². The second-order valence-electron chi connectivity index (χ2n) is 12.1. The maximum atomic E-state index is 15.3. The standard InChI is InChI=1S/C38H27ClFN3O4/c1-46-36-34-31(19-32(39)43-36)47-38(25-13-11-21(20-41)12-14-25)33(22-7-3-2-4-8-22)28(35(44)37(34,38)45)17-24-15-26(40)18-30-27(24)16-23-9-5-6-10-29(23)42-30/h2-16,18-19,28,33,35,44-45H,17H2,1H3/t28-,33+,35+,37-,38-/m0/s1. The number of halogens is 2. The van der Waals surface area contributed by atoms with Gasteiger partial charge >= 0.3 is 0 Å². The third kappa shape index (κ3) is 4.17. The van der Waals surface area contributed by atoms with Crippen LogP contribution in [0.3, 0.4) is 0 Å². The van der Waals surface area contributed by atoms with E-state index in [0.29, 0.717) is 22.2 Å². The molecular weight excluding hydrogens is 617 g/mol. The number of nitriles is 1. The lowest BCUT2D eigenvalue weighted by Gasteiger charge is -2.41. The summed E-state index contributed by atoms with van der Waals surface area (Å²) in [6, 6.07) is 32.4. The molecule has 7 nitrogen and oxygen atoms in total. The maximum absolute atomic E-state index is 15.3. The third-order valence-electron chi connectivity index (χ3n) is 9.77. The molecule has 8 rings (SSSR count). The number of hydrogen-bond donors (Lipinski definition) is 2. The Balaban J connectivity index is 1.41. The van der Waals surface area contributed by atoms with Crippen molar-refractivity contribution in [3.63, 3.8) is 0 Å². The second-order valence-corrected chi connectivity index (χ2v) is 12.5. The monoisotopic (exact) mass is 643 g/mol. The van der Waals surface area contributed by atoms with Gasteiger partial charge in [0.25, 0.3) is 0 Å². The van der Waals surface area contributed by atoms with Crippen molar-refractivity contribution in [3.8, 4) is 17.7 Å².